The molecule has 30 heavy (non-hydrogen) atoms. The molecule has 2 atom stereocenters. The second-order valence-corrected chi connectivity index (χ2v) is 9.81. The van der Waals surface area contributed by atoms with E-state index in [2.05, 4.69) is 5.32 Å². The van der Waals surface area contributed by atoms with Gasteiger partial charge in [-0.15, -0.1) is 0 Å². The Kier molecular flexibility index (Phi) is 6.77. The van der Waals surface area contributed by atoms with Crippen LogP contribution in [0.1, 0.15) is 32.6 Å². The van der Waals surface area contributed by atoms with Crippen molar-refractivity contribution in [3.05, 3.63) is 24.3 Å². The van der Waals surface area contributed by atoms with Crippen molar-refractivity contribution in [1.29, 1.82) is 0 Å². The zero-order valence-electron chi connectivity index (χ0n) is 16.9. The van der Waals surface area contributed by atoms with E-state index in [4.69, 9.17) is 0 Å². The summed E-state index contributed by atoms with van der Waals surface area (Å²) >= 11 is 0. The molecule has 0 aromatic heterocycles. The number of hydrogen-bond acceptors (Lipinski definition) is 5. The number of nitrogens with zero attached hydrogens (tertiary/aromatic N) is 2. The molecule has 164 valence electrons. The molecular weight excluding hydrogens is 410 g/mol. The lowest BCUT2D eigenvalue weighted by molar-refractivity contribution is -0.147. The Morgan fingerprint density at radius 1 is 1.00 bits per heavy atom. The van der Waals surface area contributed by atoms with Crippen LogP contribution in [0.2, 0.25) is 0 Å². The average molecular weight is 438 g/mol. The molecule has 2 N–H and O–H groups in total. The lowest BCUT2D eigenvalue weighted by Crippen LogP contribution is -2.49. The number of carboxylic acids is 1. The van der Waals surface area contributed by atoms with E-state index in [1.165, 1.54) is 35.5 Å². The second-order valence-electron chi connectivity index (χ2n) is 7.87. The van der Waals surface area contributed by atoms with Gasteiger partial charge in [-0.1, -0.05) is 0 Å². The summed E-state index contributed by atoms with van der Waals surface area (Å²) < 4.78 is 27.4. The number of benzene rings is 1. The number of likely N-dealkylation sites (tertiary alicyclic amines) is 1. The van der Waals surface area contributed by atoms with Crippen LogP contribution in [-0.2, 0) is 24.4 Å². The molecule has 0 saturated carbocycles. The summed E-state index contributed by atoms with van der Waals surface area (Å²) in [6.07, 6.45) is 2.34. The summed E-state index contributed by atoms with van der Waals surface area (Å²) in [5.41, 5.74) is 0.506. The molecule has 2 aliphatic rings. The molecule has 2 unspecified atom stereocenters. The molecule has 9 nitrogen and oxygen atoms in total. The molecule has 1 aromatic carbocycles. The van der Waals surface area contributed by atoms with Crippen LogP contribution in [0, 0.1) is 11.8 Å². The van der Waals surface area contributed by atoms with Crippen LogP contribution < -0.4 is 5.32 Å². The fraction of sp³-hybridized carbons (Fsp3) is 0.550. The Bertz CT molecular complexity index is 915. The Morgan fingerprint density at radius 2 is 1.63 bits per heavy atom. The Morgan fingerprint density at radius 3 is 2.27 bits per heavy atom. The standard InChI is InChI=1S/C20H27N3O6S/c1-14(24)21-17-6-8-18(9-7-17)30(28,29)23-11-3-4-15(13-23)19(25)22-10-2-5-16(12-22)20(26)27/h6-9,15-16H,2-5,10-13H2,1H3,(H,21,24)(H,26,27). The third-order valence-corrected chi connectivity index (χ3v) is 7.51. The topological polar surface area (TPSA) is 124 Å². The largest absolute Gasteiger partial charge is 0.481 e. The fourth-order valence-corrected chi connectivity index (χ4v) is 5.59. The van der Waals surface area contributed by atoms with Crippen molar-refractivity contribution in [3.63, 3.8) is 0 Å². The van der Waals surface area contributed by atoms with Crippen LogP contribution in [0.15, 0.2) is 29.2 Å². The predicted octanol–water partition coefficient (Wildman–Crippen LogP) is 1.37. The molecule has 2 saturated heterocycles. The predicted molar refractivity (Wildman–Crippen MR) is 109 cm³/mol. The van der Waals surface area contributed by atoms with E-state index >= 15 is 0 Å². The number of nitrogens with one attached hydrogen (secondary N) is 1. The fourth-order valence-electron chi connectivity index (χ4n) is 4.06. The van der Waals surface area contributed by atoms with Crippen LogP contribution in [0.25, 0.3) is 0 Å². The number of carboxylic acid groups (broad SMARTS) is 1. The summed E-state index contributed by atoms with van der Waals surface area (Å²) in [5.74, 6) is -2.34. The zero-order chi connectivity index (χ0) is 21.9. The molecular formula is C20H27N3O6S. The van der Waals surface area contributed by atoms with Gasteiger partial charge in [0.2, 0.25) is 21.8 Å². The van der Waals surface area contributed by atoms with Gasteiger partial charge in [0.25, 0.3) is 0 Å². The van der Waals surface area contributed by atoms with Gasteiger partial charge in [-0.3, -0.25) is 14.4 Å². The average Bonchev–Trinajstić information content (AvgIpc) is 2.73. The van der Waals surface area contributed by atoms with Gasteiger partial charge >= 0.3 is 5.97 Å². The maximum Gasteiger partial charge on any atom is 0.308 e. The number of hydrogen-bond donors (Lipinski definition) is 2. The van der Waals surface area contributed by atoms with E-state index in [-0.39, 0.29) is 29.8 Å². The summed E-state index contributed by atoms with van der Waals surface area (Å²) in [6, 6.07) is 5.93. The molecule has 0 bridgehead atoms. The van der Waals surface area contributed by atoms with E-state index < -0.39 is 27.8 Å². The minimum atomic E-state index is -3.77. The third kappa shape index (κ3) is 4.99. The lowest BCUT2D eigenvalue weighted by atomic mass is 9.94. The van der Waals surface area contributed by atoms with Gasteiger partial charge in [0, 0.05) is 38.8 Å². The van der Waals surface area contributed by atoms with E-state index in [1.807, 2.05) is 0 Å². The number of rotatable bonds is 5. The Labute approximate surface area is 176 Å². The molecule has 2 heterocycles. The quantitative estimate of drug-likeness (QED) is 0.717. The first-order valence-electron chi connectivity index (χ1n) is 10.1. The minimum Gasteiger partial charge on any atom is -0.481 e. The highest BCUT2D eigenvalue weighted by atomic mass is 32.2. The number of carbonyl (C=O) groups excluding carboxylic acids is 2. The highest BCUT2D eigenvalue weighted by Crippen LogP contribution is 2.27. The highest BCUT2D eigenvalue weighted by Gasteiger charge is 2.37. The van der Waals surface area contributed by atoms with Gasteiger partial charge in [-0.2, -0.15) is 4.31 Å². The molecule has 2 amide bonds. The Hall–Kier alpha value is -2.46. The van der Waals surface area contributed by atoms with Crippen LogP contribution in [-0.4, -0.2) is 66.7 Å². The van der Waals surface area contributed by atoms with Crippen molar-refractivity contribution in [2.75, 3.05) is 31.5 Å². The number of anilines is 1. The van der Waals surface area contributed by atoms with E-state index in [0.717, 1.165) is 0 Å². The minimum absolute atomic E-state index is 0.0862. The van der Waals surface area contributed by atoms with E-state index in [9.17, 15) is 27.9 Å². The van der Waals surface area contributed by atoms with Crippen LogP contribution >= 0.6 is 0 Å². The molecule has 0 radical (unpaired) electrons. The first kappa shape index (κ1) is 22.2. The van der Waals surface area contributed by atoms with Gasteiger partial charge in [0.05, 0.1) is 16.7 Å². The van der Waals surface area contributed by atoms with E-state index in [1.54, 1.807) is 4.90 Å². The van der Waals surface area contributed by atoms with Crippen molar-refractivity contribution < 1.29 is 27.9 Å². The number of piperidine rings is 2. The number of sulfonamides is 1. The molecule has 0 aliphatic carbocycles. The summed E-state index contributed by atoms with van der Waals surface area (Å²) in [6.45, 7) is 2.48. The van der Waals surface area contributed by atoms with Crippen molar-refractivity contribution in [3.8, 4) is 0 Å². The number of aliphatic carboxylic acids is 1. The smallest absolute Gasteiger partial charge is 0.308 e. The Balaban J connectivity index is 1.69. The van der Waals surface area contributed by atoms with Crippen LogP contribution in [0.3, 0.4) is 0 Å². The lowest BCUT2D eigenvalue weighted by Gasteiger charge is -2.37. The molecule has 2 aliphatic heterocycles. The van der Waals surface area contributed by atoms with E-state index in [0.29, 0.717) is 44.5 Å². The normalized spacial score (nSPS) is 23.0. The van der Waals surface area contributed by atoms with Gasteiger partial charge in [-0.05, 0) is 49.9 Å². The van der Waals surface area contributed by atoms with Gasteiger partial charge in [0.1, 0.15) is 0 Å². The molecule has 10 heteroatoms. The summed E-state index contributed by atoms with van der Waals surface area (Å²) in [5, 5.41) is 11.8. The molecule has 0 spiro atoms. The number of carbonyl (C=O) groups is 3. The van der Waals surface area contributed by atoms with Gasteiger partial charge in [0.15, 0.2) is 0 Å². The monoisotopic (exact) mass is 437 g/mol. The number of amides is 2. The van der Waals surface area contributed by atoms with Crippen molar-refractivity contribution >= 4 is 33.5 Å². The first-order chi connectivity index (χ1) is 14.2. The maximum absolute atomic E-state index is 13.0. The van der Waals surface area contributed by atoms with Crippen LogP contribution in [0.5, 0.6) is 0 Å². The third-order valence-electron chi connectivity index (χ3n) is 5.63. The molecule has 1 aromatic rings. The van der Waals surface area contributed by atoms with Crippen molar-refractivity contribution in [2.45, 2.75) is 37.5 Å². The molecule has 3 rings (SSSR count). The zero-order valence-corrected chi connectivity index (χ0v) is 17.7. The summed E-state index contributed by atoms with van der Waals surface area (Å²) in [4.78, 5) is 37.0. The van der Waals surface area contributed by atoms with Gasteiger partial charge in [-0.25, -0.2) is 8.42 Å². The first-order valence-corrected chi connectivity index (χ1v) is 11.5. The van der Waals surface area contributed by atoms with Crippen molar-refractivity contribution in [2.24, 2.45) is 11.8 Å². The van der Waals surface area contributed by atoms with Gasteiger partial charge < -0.3 is 15.3 Å². The second kappa shape index (κ2) is 9.13. The van der Waals surface area contributed by atoms with Crippen molar-refractivity contribution in [1.82, 2.24) is 9.21 Å². The maximum atomic E-state index is 13.0. The highest BCUT2D eigenvalue weighted by molar-refractivity contribution is 7.89. The molecule has 2 fully saturated rings. The SMILES string of the molecule is CC(=O)Nc1ccc(S(=O)(=O)N2CCCC(C(=O)N3CCCC(C(=O)O)C3)C2)cc1. The summed E-state index contributed by atoms with van der Waals surface area (Å²) in [7, 11) is -3.77. The van der Waals surface area contributed by atoms with Crippen LogP contribution in [0.4, 0.5) is 5.69 Å².